The third kappa shape index (κ3) is 3.57. The highest BCUT2D eigenvalue weighted by molar-refractivity contribution is 5.40. The monoisotopic (exact) mass is 359 g/mol. The van der Waals surface area contributed by atoms with Gasteiger partial charge in [0.1, 0.15) is 0 Å². The average molecular weight is 359 g/mol. The second-order valence-electron chi connectivity index (χ2n) is 6.58. The van der Waals surface area contributed by atoms with Crippen molar-refractivity contribution in [3.8, 4) is 11.4 Å². The highest BCUT2D eigenvalue weighted by atomic mass is 15.6. The molecule has 0 saturated carbocycles. The molecule has 0 unspecified atom stereocenters. The van der Waals surface area contributed by atoms with Crippen molar-refractivity contribution >= 4 is 5.95 Å². The quantitative estimate of drug-likeness (QED) is 0.569. The summed E-state index contributed by atoms with van der Waals surface area (Å²) < 4.78 is 3.61. The van der Waals surface area contributed by atoms with E-state index in [-0.39, 0.29) is 0 Å². The fourth-order valence-electron chi connectivity index (χ4n) is 2.97. The first-order valence-electron chi connectivity index (χ1n) is 8.94. The normalized spacial score (nSPS) is 11.1. The molecule has 0 aliphatic heterocycles. The summed E-state index contributed by atoms with van der Waals surface area (Å²) in [6, 6.07) is 19.9. The number of anilines is 1. The summed E-state index contributed by atoms with van der Waals surface area (Å²) in [5.41, 5.74) is 4.13. The fraction of sp³-hybridized carbons (Fsp3) is 0.200. The van der Waals surface area contributed by atoms with Gasteiger partial charge in [0, 0.05) is 18.3 Å². The van der Waals surface area contributed by atoms with Crippen LogP contribution in [0.3, 0.4) is 0 Å². The van der Waals surface area contributed by atoms with Crippen molar-refractivity contribution < 1.29 is 0 Å². The van der Waals surface area contributed by atoms with Crippen LogP contribution in [0.4, 0.5) is 5.95 Å². The van der Waals surface area contributed by atoms with Crippen molar-refractivity contribution in [3.63, 3.8) is 0 Å². The Morgan fingerprint density at radius 1 is 0.926 bits per heavy atom. The summed E-state index contributed by atoms with van der Waals surface area (Å²) >= 11 is 0. The van der Waals surface area contributed by atoms with Gasteiger partial charge in [0.05, 0.1) is 17.1 Å². The van der Waals surface area contributed by atoms with Gasteiger partial charge in [0.2, 0.25) is 5.95 Å². The summed E-state index contributed by atoms with van der Waals surface area (Å²) in [5, 5.41) is 20.1. The molecule has 0 radical (unpaired) electrons. The number of hydrogen-bond acceptors (Lipinski definition) is 5. The van der Waals surface area contributed by atoms with E-state index in [1.54, 1.807) is 4.68 Å². The third-order valence-corrected chi connectivity index (χ3v) is 4.30. The van der Waals surface area contributed by atoms with Crippen LogP contribution in [0.5, 0.6) is 0 Å². The first kappa shape index (κ1) is 17.0. The number of benzene rings is 2. The van der Waals surface area contributed by atoms with Crippen LogP contribution in [-0.4, -0.2) is 30.0 Å². The van der Waals surface area contributed by atoms with Crippen LogP contribution in [0, 0.1) is 0 Å². The number of rotatable bonds is 6. The topological polar surface area (TPSA) is 73.5 Å². The van der Waals surface area contributed by atoms with E-state index in [1.807, 2.05) is 65.3 Å². The van der Waals surface area contributed by atoms with Gasteiger partial charge in [-0.05, 0) is 40.6 Å². The van der Waals surface area contributed by atoms with Crippen LogP contribution in [-0.2, 0) is 6.54 Å². The number of para-hydroxylation sites is 2. The minimum Gasteiger partial charge on any atom is -0.349 e. The maximum atomic E-state index is 4.78. The third-order valence-electron chi connectivity index (χ3n) is 4.30. The number of hydrogen-bond donors (Lipinski definition) is 1. The second kappa shape index (κ2) is 7.41. The lowest BCUT2D eigenvalue weighted by Crippen LogP contribution is -2.08. The van der Waals surface area contributed by atoms with E-state index in [0.717, 1.165) is 22.6 Å². The minimum atomic E-state index is 0.317. The van der Waals surface area contributed by atoms with Gasteiger partial charge >= 0.3 is 0 Å². The van der Waals surface area contributed by atoms with E-state index in [1.165, 1.54) is 0 Å². The largest absolute Gasteiger partial charge is 0.349 e. The van der Waals surface area contributed by atoms with E-state index < -0.39 is 0 Å². The maximum Gasteiger partial charge on any atom is 0.248 e. The summed E-state index contributed by atoms with van der Waals surface area (Å²) in [7, 11) is 0. The summed E-state index contributed by atoms with van der Waals surface area (Å²) in [6.07, 6.45) is 2.06. The number of tetrazole rings is 1. The number of nitrogens with zero attached hydrogens (tertiary/aromatic N) is 6. The molecule has 2 heterocycles. The molecule has 1 N–H and O–H groups in total. The van der Waals surface area contributed by atoms with Crippen molar-refractivity contribution in [1.82, 2.24) is 30.0 Å². The van der Waals surface area contributed by atoms with E-state index in [9.17, 15) is 0 Å². The molecule has 7 heteroatoms. The Morgan fingerprint density at radius 2 is 1.59 bits per heavy atom. The van der Waals surface area contributed by atoms with Crippen molar-refractivity contribution in [3.05, 3.63) is 78.1 Å². The molecule has 2 aromatic carbocycles. The Labute approximate surface area is 157 Å². The predicted molar refractivity (Wildman–Crippen MR) is 104 cm³/mol. The Morgan fingerprint density at radius 3 is 2.26 bits per heavy atom. The van der Waals surface area contributed by atoms with Gasteiger partial charge in [0.15, 0.2) is 0 Å². The zero-order valence-electron chi connectivity index (χ0n) is 15.3. The summed E-state index contributed by atoms with van der Waals surface area (Å²) in [6.45, 7) is 4.89. The van der Waals surface area contributed by atoms with Crippen LogP contribution in [0.1, 0.15) is 31.0 Å². The molecule has 0 spiro atoms. The Kier molecular flexibility index (Phi) is 4.65. The molecule has 0 atom stereocenters. The molecular weight excluding hydrogens is 338 g/mol. The second-order valence-corrected chi connectivity index (χ2v) is 6.58. The predicted octanol–water partition coefficient (Wildman–Crippen LogP) is 3.58. The highest BCUT2D eigenvalue weighted by Gasteiger charge is 2.15. The van der Waals surface area contributed by atoms with Crippen LogP contribution in [0.2, 0.25) is 0 Å². The van der Waals surface area contributed by atoms with Gasteiger partial charge < -0.3 is 5.32 Å². The molecule has 2 aromatic heterocycles. The van der Waals surface area contributed by atoms with E-state index in [4.69, 9.17) is 5.10 Å². The molecular formula is C20H21N7. The Bertz CT molecular complexity index is 1000. The lowest BCUT2D eigenvalue weighted by molar-refractivity contribution is 0.762. The Hall–Kier alpha value is -3.48. The van der Waals surface area contributed by atoms with Crippen molar-refractivity contribution in [2.75, 3.05) is 5.32 Å². The molecule has 0 amide bonds. The number of aromatic nitrogens is 6. The van der Waals surface area contributed by atoms with Crippen molar-refractivity contribution in [2.24, 2.45) is 0 Å². The highest BCUT2D eigenvalue weighted by Crippen LogP contribution is 2.21. The zero-order valence-corrected chi connectivity index (χ0v) is 15.3. The molecule has 7 nitrogen and oxygen atoms in total. The van der Waals surface area contributed by atoms with Gasteiger partial charge in [-0.15, -0.1) is 0 Å². The van der Waals surface area contributed by atoms with Gasteiger partial charge in [-0.25, -0.2) is 4.68 Å². The van der Waals surface area contributed by atoms with Crippen LogP contribution < -0.4 is 5.32 Å². The van der Waals surface area contributed by atoms with Crippen LogP contribution in [0.15, 0.2) is 66.9 Å². The van der Waals surface area contributed by atoms with Crippen molar-refractivity contribution in [2.45, 2.75) is 26.3 Å². The molecule has 0 bridgehead atoms. The SMILES string of the molecule is CC(C)c1nn(-c2ccccc2)cc1CNc1nnnn1-c1ccccc1. The average Bonchev–Trinajstić information content (AvgIpc) is 3.35. The van der Waals surface area contributed by atoms with Crippen molar-refractivity contribution in [1.29, 1.82) is 0 Å². The molecule has 27 heavy (non-hydrogen) atoms. The molecule has 0 fully saturated rings. The lowest BCUT2D eigenvalue weighted by atomic mass is 10.1. The molecule has 4 rings (SSSR count). The smallest absolute Gasteiger partial charge is 0.248 e. The number of nitrogens with one attached hydrogen (secondary N) is 1. The van der Waals surface area contributed by atoms with E-state index in [0.29, 0.717) is 18.4 Å². The molecule has 4 aromatic rings. The molecule has 136 valence electrons. The van der Waals surface area contributed by atoms with Gasteiger partial charge in [-0.1, -0.05) is 55.3 Å². The zero-order chi connectivity index (χ0) is 18.6. The first-order valence-corrected chi connectivity index (χ1v) is 8.94. The van der Waals surface area contributed by atoms with E-state index in [2.05, 4.69) is 40.9 Å². The van der Waals surface area contributed by atoms with Gasteiger partial charge in [0.25, 0.3) is 0 Å². The van der Waals surface area contributed by atoms with E-state index >= 15 is 0 Å². The molecule has 0 aliphatic rings. The van der Waals surface area contributed by atoms with Crippen LogP contribution in [0.25, 0.3) is 11.4 Å². The molecule has 0 aliphatic carbocycles. The maximum absolute atomic E-state index is 4.78. The Balaban J connectivity index is 1.59. The standard InChI is InChI=1S/C20H21N7/c1-15(2)19-16(14-26(23-19)17-9-5-3-6-10-17)13-21-20-22-24-25-27(20)18-11-7-4-8-12-18/h3-12,14-15H,13H2,1-2H3,(H,21,22,25). The van der Waals surface area contributed by atoms with Gasteiger partial charge in [-0.3, -0.25) is 0 Å². The first-order chi connectivity index (χ1) is 13.2. The fourth-order valence-corrected chi connectivity index (χ4v) is 2.97. The van der Waals surface area contributed by atoms with Gasteiger partial charge in [-0.2, -0.15) is 9.78 Å². The molecule has 0 saturated heterocycles. The van der Waals surface area contributed by atoms with Crippen LogP contribution >= 0.6 is 0 Å². The lowest BCUT2D eigenvalue weighted by Gasteiger charge is -2.08. The summed E-state index contributed by atoms with van der Waals surface area (Å²) in [5.74, 6) is 0.917. The summed E-state index contributed by atoms with van der Waals surface area (Å²) in [4.78, 5) is 0. The minimum absolute atomic E-state index is 0.317.